The van der Waals surface area contributed by atoms with Crippen LogP contribution in [0.1, 0.15) is 20.8 Å². The van der Waals surface area contributed by atoms with E-state index in [2.05, 4.69) is 0 Å². The molecule has 0 bridgehead atoms. The van der Waals surface area contributed by atoms with Crippen molar-refractivity contribution in [1.82, 2.24) is 0 Å². The maximum Gasteiger partial charge on any atom is 0.344 e. The Hall–Kier alpha value is -1.61. The second-order valence-corrected chi connectivity index (χ2v) is 4.43. The lowest BCUT2D eigenvalue weighted by Crippen LogP contribution is -2.06. The Bertz CT molecular complexity index is 528. The fourth-order valence-electron chi connectivity index (χ4n) is 1.74. The summed E-state index contributed by atoms with van der Waals surface area (Å²) in [6, 6.07) is 9.51. The number of rotatable bonds is 0. The molecule has 3 heteroatoms. The summed E-state index contributed by atoms with van der Waals surface area (Å²) in [5, 5.41) is 1.93. The maximum absolute atomic E-state index is 11.7. The van der Waals surface area contributed by atoms with Gasteiger partial charge in [-0.15, -0.1) is 11.3 Å². The molecule has 0 atom stereocenters. The number of carbonyl (C=O) groups is 1. The molecule has 15 heavy (non-hydrogen) atoms. The fourth-order valence-corrected chi connectivity index (χ4v) is 2.62. The van der Waals surface area contributed by atoms with Crippen LogP contribution in [0.4, 0.5) is 0 Å². The molecular formula is C12H8O2S. The smallest absolute Gasteiger partial charge is 0.344 e. The molecule has 0 N–H and O–H groups in total. The van der Waals surface area contributed by atoms with Crippen molar-refractivity contribution in [2.75, 3.05) is 0 Å². The zero-order chi connectivity index (χ0) is 10.3. The highest BCUT2D eigenvalue weighted by atomic mass is 32.1. The molecule has 1 aliphatic heterocycles. The van der Waals surface area contributed by atoms with Crippen LogP contribution in [0.2, 0.25) is 0 Å². The van der Waals surface area contributed by atoms with Gasteiger partial charge in [-0.25, -0.2) is 4.79 Å². The number of ether oxygens (including phenoxy) is 1. The van der Waals surface area contributed by atoms with Gasteiger partial charge in [0.2, 0.25) is 0 Å². The number of fused-ring (bicyclic) bond motifs is 2. The van der Waals surface area contributed by atoms with E-state index in [1.807, 2.05) is 35.7 Å². The summed E-state index contributed by atoms with van der Waals surface area (Å²) < 4.78 is 5.31. The molecular weight excluding hydrogens is 208 g/mol. The molecule has 1 aromatic heterocycles. The Morgan fingerprint density at radius 3 is 3.00 bits per heavy atom. The van der Waals surface area contributed by atoms with Gasteiger partial charge in [0.1, 0.15) is 5.75 Å². The predicted octanol–water partition coefficient (Wildman–Crippen LogP) is 2.87. The maximum atomic E-state index is 11.7. The van der Waals surface area contributed by atoms with Crippen molar-refractivity contribution >= 4 is 17.3 Å². The van der Waals surface area contributed by atoms with Gasteiger partial charge in [-0.05, 0) is 17.5 Å². The molecule has 0 saturated carbocycles. The Morgan fingerprint density at radius 2 is 2.07 bits per heavy atom. The number of carbonyl (C=O) groups excluding carboxylic acids is 1. The molecule has 0 spiro atoms. The van der Waals surface area contributed by atoms with Gasteiger partial charge in [-0.3, -0.25) is 0 Å². The fraction of sp³-hybridized carbons (Fsp3) is 0.0833. The number of benzene rings is 1. The summed E-state index contributed by atoms with van der Waals surface area (Å²) in [5.74, 6) is 0.446. The Labute approximate surface area is 91.1 Å². The molecule has 1 aliphatic rings. The topological polar surface area (TPSA) is 26.3 Å². The summed E-state index contributed by atoms with van der Waals surface area (Å²) in [5.41, 5.74) is 1.78. The van der Waals surface area contributed by atoms with Crippen LogP contribution in [0.15, 0.2) is 35.7 Å². The van der Waals surface area contributed by atoms with Crippen molar-refractivity contribution in [2.24, 2.45) is 0 Å². The molecule has 1 aromatic carbocycles. The van der Waals surface area contributed by atoms with Crippen LogP contribution in [0, 0.1) is 0 Å². The van der Waals surface area contributed by atoms with Crippen molar-refractivity contribution in [3.8, 4) is 5.75 Å². The lowest BCUT2D eigenvalue weighted by molar-refractivity contribution is 0.0736. The van der Waals surface area contributed by atoms with Gasteiger partial charge < -0.3 is 4.74 Å². The molecule has 74 valence electrons. The first-order chi connectivity index (χ1) is 7.34. The highest BCUT2D eigenvalue weighted by Crippen LogP contribution is 2.30. The zero-order valence-corrected chi connectivity index (χ0v) is 8.71. The molecule has 0 fully saturated rings. The van der Waals surface area contributed by atoms with Crippen LogP contribution in [0.3, 0.4) is 0 Å². The van der Waals surface area contributed by atoms with E-state index in [0.717, 1.165) is 16.9 Å². The van der Waals surface area contributed by atoms with Crippen LogP contribution in [-0.4, -0.2) is 5.97 Å². The zero-order valence-electron chi connectivity index (χ0n) is 7.90. The average molecular weight is 216 g/mol. The normalized spacial score (nSPS) is 13.7. The summed E-state index contributed by atoms with van der Waals surface area (Å²) >= 11 is 1.61. The predicted molar refractivity (Wildman–Crippen MR) is 58.5 cm³/mol. The highest BCUT2D eigenvalue weighted by molar-refractivity contribution is 7.10. The van der Waals surface area contributed by atoms with Crippen molar-refractivity contribution in [2.45, 2.75) is 6.42 Å². The van der Waals surface area contributed by atoms with E-state index in [4.69, 9.17) is 4.74 Å². The summed E-state index contributed by atoms with van der Waals surface area (Å²) in [7, 11) is 0. The number of thiophene rings is 1. The number of hydrogen-bond donors (Lipinski definition) is 0. The van der Waals surface area contributed by atoms with Crippen molar-refractivity contribution in [1.29, 1.82) is 0 Å². The van der Waals surface area contributed by atoms with Gasteiger partial charge >= 0.3 is 5.97 Å². The average Bonchev–Trinajstić information content (AvgIpc) is 2.64. The lowest BCUT2D eigenvalue weighted by Gasteiger charge is -2.03. The summed E-state index contributed by atoms with van der Waals surface area (Å²) in [4.78, 5) is 12.8. The van der Waals surface area contributed by atoms with E-state index >= 15 is 0 Å². The largest absolute Gasteiger partial charge is 0.423 e. The molecule has 2 nitrogen and oxygen atoms in total. The molecule has 3 rings (SSSR count). The lowest BCUT2D eigenvalue weighted by atomic mass is 10.1. The van der Waals surface area contributed by atoms with Crippen LogP contribution >= 0.6 is 11.3 Å². The minimum absolute atomic E-state index is 0.240. The standard InChI is InChI=1S/C12H8O2S/c13-12-9-5-6-15-11(9)7-8-3-1-2-4-10(8)14-12/h1-6H,7H2. The molecule has 2 heterocycles. The first-order valence-corrected chi connectivity index (χ1v) is 5.59. The second-order valence-electron chi connectivity index (χ2n) is 3.43. The number of para-hydroxylation sites is 1. The highest BCUT2D eigenvalue weighted by Gasteiger charge is 2.21. The van der Waals surface area contributed by atoms with Gasteiger partial charge in [-0.1, -0.05) is 18.2 Å². The van der Waals surface area contributed by atoms with E-state index in [9.17, 15) is 4.79 Å². The van der Waals surface area contributed by atoms with Gasteiger partial charge in [0.25, 0.3) is 0 Å². The third-order valence-corrected chi connectivity index (χ3v) is 3.41. The quantitative estimate of drug-likeness (QED) is 0.500. The molecule has 0 aliphatic carbocycles. The first-order valence-electron chi connectivity index (χ1n) is 4.71. The third kappa shape index (κ3) is 1.36. The van der Waals surface area contributed by atoms with Gasteiger partial charge in [-0.2, -0.15) is 0 Å². The second kappa shape index (κ2) is 3.21. The van der Waals surface area contributed by atoms with Crippen LogP contribution in [-0.2, 0) is 6.42 Å². The number of esters is 1. The van der Waals surface area contributed by atoms with Gasteiger partial charge in [0.15, 0.2) is 0 Å². The third-order valence-electron chi connectivity index (χ3n) is 2.49. The molecule has 2 aromatic rings. The monoisotopic (exact) mass is 216 g/mol. The van der Waals surface area contributed by atoms with Crippen molar-refractivity contribution in [3.05, 3.63) is 51.7 Å². The van der Waals surface area contributed by atoms with Crippen LogP contribution < -0.4 is 4.74 Å². The summed E-state index contributed by atoms with van der Waals surface area (Å²) in [6.07, 6.45) is 0.787. The Morgan fingerprint density at radius 1 is 1.20 bits per heavy atom. The van der Waals surface area contributed by atoms with Crippen molar-refractivity contribution < 1.29 is 9.53 Å². The van der Waals surface area contributed by atoms with Crippen molar-refractivity contribution in [3.63, 3.8) is 0 Å². The van der Waals surface area contributed by atoms with E-state index in [1.54, 1.807) is 11.3 Å². The van der Waals surface area contributed by atoms with E-state index in [0.29, 0.717) is 11.3 Å². The number of hydrogen-bond acceptors (Lipinski definition) is 3. The van der Waals surface area contributed by atoms with Crippen LogP contribution in [0.5, 0.6) is 5.75 Å². The first kappa shape index (κ1) is 8.68. The molecule has 0 unspecified atom stereocenters. The minimum atomic E-state index is -0.240. The molecule has 0 amide bonds. The van der Waals surface area contributed by atoms with E-state index < -0.39 is 0 Å². The summed E-state index contributed by atoms with van der Waals surface area (Å²) in [6.45, 7) is 0. The minimum Gasteiger partial charge on any atom is -0.423 e. The molecule has 0 saturated heterocycles. The SMILES string of the molecule is O=C1Oc2ccccc2Cc2sccc21. The Balaban J connectivity index is 2.18. The Kier molecular flexibility index (Phi) is 1.86. The molecule has 0 radical (unpaired) electrons. The van der Waals surface area contributed by atoms with Gasteiger partial charge in [0, 0.05) is 16.9 Å². The van der Waals surface area contributed by atoms with E-state index in [1.165, 1.54) is 0 Å². The van der Waals surface area contributed by atoms with E-state index in [-0.39, 0.29) is 5.97 Å². The van der Waals surface area contributed by atoms with Gasteiger partial charge in [0.05, 0.1) is 5.56 Å². The van der Waals surface area contributed by atoms with Crippen LogP contribution in [0.25, 0.3) is 0 Å².